The molecule has 1 heterocycles. The smallest absolute Gasteiger partial charge is 0.230 e. The second kappa shape index (κ2) is 8.13. The van der Waals surface area contributed by atoms with Crippen molar-refractivity contribution in [2.75, 3.05) is 19.5 Å². The van der Waals surface area contributed by atoms with Crippen molar-refractivity contribution in [2.24, 2.45) is 0 Å². The topological polar surface area (TPSA) is 60.5 Å². The number of methoxy groups -OCH3 is 2. The van der Waals surface area contributed by atoms with Gasteiger partial charge in [-0.1, -0.05) is 0 Å². The molecule has 0 radical (unpaired) electrons. The largest absolute Gasteiger partial charge is 0.497 e. The third kappa shape index (κ3) is 4.40. The van der Waals surface area contributed by atoms with E-state index < -0.39 is 11.6 Å². The Hall–Kier alpha value is -3.00. The maximum atomic E-state index is 13.9. The number of anilines is 1. The van der Waals surface area contributed by atoms with Crippen LogP contribution >= 0.6 is 11.3 Å². The van der Waals surface area contributed by atoms with Crippen LogP contribution in [0.25, 0.3) is 11.3 Å². The maximum Gasteiger partial charge on any atom is 0.230 e. The summed E-state index contributed by atoms with van der Waals surface area (Å²) >= 11 is 1.13. The van der Waals surface area contributed by atoms with Crippen molar-refractivity contribution in [1.82, 2.24) is 4.98 Å². The van der Waals surface area contributed by atoms with E-state index in [1.54, 1.807) is 23.6 Å². The molecule has 0 spiro atoms. The van der Waals surface area contributed by atoms with E-state index in [-0.39, 0.29) is 23.6 Å². The van der Waals surface area contributed by atoms with Gasteiger partial charge in [0.15, 0.2) is 5.13 Å². The van der Waals surface area contributed by atoms with Crippen LogP contribution in [0.15, 0.2) is 41.8 Å². The van der Waals surface area contributed by atoms with Crippen molar-refractivity contribution < 1.29 is 23.0 Å². The number of ether oxygens (including phenoxy) is 2. The highest BCUT2D eigenvalue weighted by atomic mass is 32.1. The minimum Gasteiger partial charge on any atom is -0.497 e. The normalized spacial score (nSPS) is 10.5. The number of hydrogen-bond donors (Lipinski definition) is 1. The minimum absolute atomic E-state index is 0.0428. The SMILES string of the molecule is COc1ccc(OC)c(CC(=O)Nc2nc(-c3cc(F)ccc3F)cs2)c1. The molecule has 2 aromatic carbocycles. The molecule has 0 atom stereocenters. The van der Waals surface area contributed by atoms with Gasteiger partial charge in [0, 0.05) is 16.5 Å². The van der Waals surface area contributed by atoms with Crippen molar-refractivity contribution in [2.45, 2.75) is 6.42 Å². The summed E-state index contributed by atoms with van der Waals surface area (Å²) in [6.07, 6.45) is 0.0453. The number of aromatic nitrogens is 1. The lowest BCUT2D eigenvalue weighted by Crippen LogP contribution is -2.14. The number of rotatable bonds is 6. The lowest BCUT2D eigenvalue weighted by atomic mass is 10.1. The van der Waals surface area contributed by atoms with Gasteiger partial charge >= 0.3 is 0 Å². The number of nitrogens with one attached hydrogen (secondary N) is 1. The van der Waals surface area contributed by atoms with E-state index in [9.17, 15) is 13.6 Å². The first-order valence-electron chi connectivity index (χ1n) is 7.92. The average molecular weight is 390 g/mol. The Labute approximate surface area is 158 Å². The molecule has 1 amide bonds. The van der Waals surface area contributed by atoms with Gasteiger partial charge in [0.1, 0.15) is 23.1 Å². The van der Waals surface area contributed by atoms with E-state index in [4.69, 9.17) is 9.47 Å². The molecule has 8 heteroatoms. The van der Waals surface area contributed by atoms with Crippen molar-refractivity contribution in [3.8, 4) is 22.8 Å². The van der Waals surface area contributed by atoms with Crippen LogP contribution in [0.5, 0.6) is 11.5 Å². The Kier molecular flexibility index (Phi) is 5.66. The number of benzene rings is 2. The maximum absolute atomic E-state index is 13.9. The number of halogens is 2. The van der Waals surface area contributed by atoms with Crippen LogP contribution in [0.4, 0.5) is 13.9 Å². The number of hydrogen-bond acceptors (Lipinski definition) is 5. The minimum atomic E-state index is -0.583. The highest BCUT2D eigenvalue weighted by Gasteiger charge is 2.14. The Balaban J connectivity index is 1.74. The van der Waals surface area contributed by atoms with Gasteiger partial charge in [-0.05, 0) is 36.4 Å². The Bertz CT molecular complexity index is 975. The highest BCUT2D eigenvalue weighted by molar-refractivity contribution is 7.14. The van der Waals surface area contributed by atoms with Crippen LogP contribution in [0.3, 0.4) is 0 Å². The van der Waals surface area contributed by atoms with Crippen LogP contribution < -0.4 is 14.8 Å². The zero-order chi connectivity index (χ0) is 19.4. The zero-order valence-corrected chi connectivity index (χ0v) is 15.4. The predicted molar refractivity (Wildman–Crippen MR) is 99.3 cm³/mol. The molecule has 0 aliphatic rings. The molecule has 1 aromatic heterocycles. The molecule has 3 aromatic rings. The molecular weight excluding hydrogens is 374 g/mol. The van der Waals surface area contributed by atoms with Gasteiger partial charge in [-0.25, -0.2) is 13.8 Å². The molecule has 0 aliphatic heterocycles. The van der Waals surface area contributed by atoms with Crippen molar-refractivity contribution in [1.29, 1.82) is 0 Å². The number of nitrogens with zero attached hydrogens (tertiary/aromatic N) is 1. The van der Waals surface area contributed by atoms with E-state index in [1.807, 2.05) is 0 Å². The molecule has 0 fully saturated rings. The van der Waals surface area contributed by atoms with Gasteiger partial charge in [-0.2, -0.15) is 0 Å². The molecule has 0 aliphatic carbocycles. The van der Waals surface area contributed by atoms with Gasteiger partial charge < -0.3 is 14.8 Å². The van der Waals surface area contributed by atoms with E-state index in [0.29, 0.717) is 22.2 Å². The molecular formula is C19H16F2N2O3S. The van der Waals surface area contributed by atoms with Gasteiger partial charge in [0.05, 0.1) is 26.3 Å². The predicted octanol–water partition coefficient (Wildman–Crippen LogP) is 4.29. The van der Waals surface area contributed by atoms with E-state index in [0.717, 1.165) is 29.5 Å². The summed E-state index contributed by atoms with van der Waals surface area (Å²) in [5.41, 5.74) is 0.953. The van der Waals surface area contributed by atoms with Crippen LogP contribution in [0.2, 0.25) is 0 Å². The first-order valence-corrected chi connectivity index (χ1v) is 8.80. The summed E-state index contributed by atoms with van der Waals surface area (Å²) in [5.74, 6) is -0.290. The fraction of sp³-hybridized carbons (Fsp3) is 0.158. The fourth-order valence-corrected chi connectivity index (χ4v) is 3.23. The summed E-state index contributed by atoms with van der Waals surface area (Å²) < 4.78 is 37.6. The van der Waals surface area contributed by atoms with E-state index in [1.165, 1.54) is 14.2 Å². The van der Waals surface area contributed by atoms with Crippen LogP contribution in [0, 0.1) is 11.6 Å². The highest BCUT2D eigenvalue weighted by Crippen LogP contribution is 2.28. The summed E-state index contributed by atoms with van der Waals surface area (Å²) in [5, 5.41) is 4.51. The molecule has 27 heavy (non-hydrogen) atoms. The van der Waals surface area contributed by atoms with Crippen LogP contribution in [-0.4, -0.2) is 25.1 Å². The number of carbonyl (C=O) groups is 1. The molecule has 1 N–H and O–H groups in total. The van der Waals surface area contributed by atoms with Crippen molar-refractivity contribution in [3.05, 3.63) is 59.0 Å². The quantitative estimate of drug-likeness (QED) is 0.682. The summed E-state index contributed by atoms with van der Waals surface area (Å²) in [4.78, 5) is 16.5. The first-order chi connectivity index (χ1) is 13.0. The number of amides is 1. The summed E-state index contributed by atoms with van der Waals surface area (Å²) in [7, 11) is 3.05. The summed E-state index contributed by atoms with van der Waals surface area (Å²) in [6, 6.07) is 8.31. The van der Waals surface area contributed by atoms with Gasteiger partial charge in [-0.3, -0.25) is 4.79 Å². The molecule has 0 saturated heterocycles. The molecule has 0 saturated carbocycles. The Morgan fingerprint density at radius 2 is 1.96 bits per heavy atom. The first kappa shape index (κ1) is 18.8. The lowest BCUT2D eigenvalue weighted by molar-refractivity contribution is -0.115. The molecule has 5 nitrogen and oxygen atoms in total. The van der Waals surface area contributed by atoms with E-state index >= 15 is 0 Å². The summed E-state index contributed by atoms with van der Waals surface area (Å²) in [6.45, 7) is 0. The van der Waals surface area contributed by atoms with Crippen LogP contribution in [-0.2, 0) is 11.2 Å². The molecule has 140 valence electrons. The van der Waals surface area contributed by atoms with E-state index in [2.05, 4.69) is 10.3 Å². The van der Waals surface area contributed by atoms with Crippen molar-refractivity contribution in [3.63, 3.8) is 0 Å². The fourth-order valence-electron chi connectivity index (χ4n) is 2.51. The third-order valence-corrected chi connectivity index (χ3v) is 4.55. The number of thiazole rings is 1. The molecule has 0 bridgehead atoms. The van der Waals surface area contributed by atoms with Crippen LogP contribution in [0.1, 0.15) is 5.56 Å². The van der Waals surface area contributed by atoms with Gasteiger partial charge in [0.25, 0.3) is 0 Å². The molecule has 0 unspecified atom stereocenters. The zero-order valence-electron chi connectivity index (χ0n) is 14.6. The van der Waals surface area contributed by atoms with Gasteiger partial charge in [0.2, 0.25) is 5.91 Å². The Morgan fingerprint density at radius 1 is 1.15 bits per heavy atom. The lowest BCUT2D eigenvalue weighted by Gasteiger charge is -2.10. The average Bonchev–Trinajstić information content (AvgIpc) is 3.11. The van der Waals surface area contributed by atoms with Gasteiger partial charge in [-0.15, -0.1) is 11.3 Å². The second-order valence-corrected chi connectivity index (χ2v) is 6.42. The van der Waals surface area contributed by atoms with Crippen molar-refractivity contribution >= 4 is 22.4 Å². The Morgan fingerprint density at radius 3 is 2.70 bits per heavy atom. The molecule has 3 rings (SSSR count). The monoisotopic (exact) mass is 390 g/mol. The number of carbonyl (C=O) groups excluding carboxylic acids is 1. The standard InChI is InChI=1S/C19H16F2N2O3S/c1-25-13-4-6-17(26-2)11(7-13)8-18(24)23-19-22-16(10-27-19)14-9-12(20)3-5-15(14)21/h3-7,9-10H,8H2,1-2H3,(H,22,23,24). The third-order valence-electron chi connectivity index (χ3n) is 3.79. The second-order valence-electron chi connectivity index (χ2n) is 5.56.